The number of aromatic hydroxyl groups is 2. The van der Waals surface area contributed by atoms with Crippen LogP contribution in [-0.2, 0) is 0 Å². The zero-order valence-corrected chi connectivity index (χ0v) is 12.3. The molecule has 4 heterocycles. The fourth-order valence-electron chi connectivity index (χ4n) is 2.04. The van der Waals surface area contributed by atoms with E-state index in [0.29, 0.717) is 16.8 Å². The van der Waals surface area contributed by atoms with E-state index in [1.165, 1.54) is 22.0 Å². The summed E-state index contributed by atoms with van der Waals surface area (Å²) >= 11 is 8.18. The molecule has 0 aromatic carbocycles. The SMILES string of the molecule is Oc1nc(S)c2ncn(-n3cnc4c(O)nc(S)nc43)c2n1. The molecule has 0 amide bonds. The first-order valence-corrected chi connectivity index (χ1v) is 6.70. The second-order valence-electron chi connectivity index (χ2n) is 4.22. The van der Waals surface area contributed by atoms with Crippen molar-refractivity contribution in [1.29, 1.82) is 0 Å². The second-order valence-corrected chi connectivity index (χ2v) is 5.04. The quantitative estimate of drug-likeness (QED) is 0.222. The lowest BCUT2D eigenvalue weighted by Crippen LogP contribution is -2.08. The average molecular weight is 334 g/mol. The van der Waals surface area contributed by atoms with Crippen LogP contribution in [0.15, 0.2) is 22.8 Å². The van der Waals surface area contributed by atoms with Gasteiger partial charge in [0.1, 0.15) is 23.2 Å². The van der Waals surface area contributed by atoms with Crippen molar-refractivity contribution in [2.45, 2.75) is 10.2 Å². The topological polar surface area (TPSA) is 128 Å². The van der Waals surface area contributed by atoms with E-state index >= 15 is 0 Å². The van der Waals surface area contributed by atoms with E-state index in [2.05, 4.69) is 55.2 Å². The number of thiol groups is 2. The molecular formula is C10H6N8O2S2. The molecule has 0 aliphatic rings. The molecule has 0 aliphatic heterocycles. The first-order valence-electron chi connectivity index (χ1n) is 5.81. The number of nitrogens with zero attached hydrogens (tertiary/aromatic N) is 8. The van der Waals surface area contributed by atoms with Crippen molar-refractivity contribution >= 4 is 47.6 Å². The summed E-state index contributed by atoms with van der Waals surface area (Å²) in [6, 6.07) is -0.434. The Balaban J connectivity index is 2.08. The Morgan fingerprint density at radius 1 is 0.818 bits per heavy atom. The minimum atomic E-state index is -0.434. The van der Waals surface area contributed by atoms with Gasteiger partial charge >= 0.3 is 6.01 Å². The van der Waals surface area contributed by atoms with Crippen molar-refractivity contribution in [3.8, 4) is 11.9 Å². The number of hydrogen-bond acceptors (Lipinski definition) is 10. The molecule has 0 spiro atoms. The first-order chi connectivity index (χ1) is 10.5. The molecular weight excluding hydrogens is 328 g/mol. The highest BCUT2D eigenvalue weighted by atomic mass is 32.1. The predicted molar refractivity (Wildman–Crippen MR) is 79.3 cm³/mol. The lowest BCUT2D eigenvalue weighted by molar-refractivity contribution is 0.427. The van der Waals surface area contributed by atoms with Crippen LogP contribution >= 0.6 is 25.3 Å². The summed E-state index contributed by atoms with van der Waals surface area (Å²) in [4.78, 5) is 23.7. The molecule has 0 atom stereocenters. The minimum Gasteiger partial charge on any atom is -0.492 e. The summed E-state index contributed by atoms with van der Waals surface area (Å²) in [6.45, 7) is 0. The molecule has 0 fully saturated rings. The Morgan fingerprint density at radius 3 is 2.18 bits per heavy atom. The van der Waals surface area contributed by atoms with Gasteiger partial charge in [0.2, 0.25) is 5.88 Å². The van der Waals surface area contributed by atoms with Gasteiger partial charge in [-0.1, -0.05) is 0 Å². The molecule has 4 aromatic heterocycles. The van der Waals surface area contributed by atoms with E-state index in [9.17, 15) is 10.2 Å². The zero-order chi connectivity index (χ0) is 15.4. The number of fused-ring (bicyclic) bond motifs is 2. The summed E-state index contributed by atoms with van der Waals surface area (Å²) in [7, 11) is 0. The highest BCUT2D eigenvalue weighted by molar-refractivity contribution is 7.80. The lowest BCUT2D eigenvalue weighted by atomic mass is 10.5. The molecule has 0 bridgehead atoms. The van der Waals surface area contributed by atoms with Crippen LogP contribution in [0, 0.1) is 0 Å². The molecule has 0 saturated heterocycles. The Hall–Kier alpha value is -2.60. The maximum absolute atomic E-state index is 9.79. The minimum absolute atomic E-state index is 0.0866. The van der Waals surface area contributed by atoms with Crippen molar-refractivity contribution in [3.05, 3.63) is 12.7 Å². The normalized spacial score (nSPS) is 11.5. The summed E-state index contributed by atoms with van der Waals surface area (Å²) in [6.07, 6.45) is 2.85. The summed E-state index contributed by atoms with van der Waals surface area (Å²) in [5.41, 5.74) is 1.20. The van der Waals surface area contributed by atoms with E-state index < -0.39 is 6.01 Å². The predicted octanol–water partition coefficient (Wildman–Crippen LogP) is 0.266. The largest absolute Gasteiger partial charge is 0.492 e. The van der Waals surface area contributed by atoms with Crippen LogP contribution in [-0.4, -0.2) is 49.5 Å². The third-order valence-corrected chi connectivity index (χ3v) is 3.44. The molecule has 0 aliphatic carbocycles. The number of aromatic nitrogens is 8. The van der Waals surface area contributed by atoms with Crippen molar-refractivity contribution in [1.82, 2.24) is 39.3 Å². The van der Waals surface area contributed by atoms with Crippen LogP contribution in [0.1, 0.15) is 0 Å². The van der Waals surface area contributed by atoms with E-state index in [0.717, 1.165) is 0 Å². The second kappa shape index (κ2) is 4.45. The van der Waals surface area contributed by atoms with Gasteiger partial charge in [-0.05, 0) is 0 Å². The lowest BCUT2D eigenvalue weighted by Gasteiger charge is -2.05. The van der Waals surface area contributed by atoms with Crippen LogP contribution in [0.4, 0.5) is 0 Å². The molecule has 0 saturated carbocycles. The van der Waals surface area contributed by atoms with Gasteiger partial charge in [0, 0.05) is 0 Å². The first kappa shape index (κ1) is 13.1. The van der Waals surface area contributed by atoms with Crippen molar-refractivity contribution in [2.24, 2.45) is 0 Å². The molecule has 22 heavy (non-hydrogen) atoms. The van der Waals surface area contributed by atoms with Crippen molar-refractivity contribution < 1.29 is 10.2 Å². The van der Waals surface area contributed by atoms with Crippen LogP contribution < -0.4 is 0 Å². The van der Waals surface area contributed by atoms with Gasteiger partial charge in [-0.2, -0.15) is 15.0 Å². The fourth-order valence-corrected chi connectivity index (χ4v) is 2.48. The third-order valence-electron chi connectivity index (χ3n) is 2.93. The number of hydrogen-bond donors (Lipinski definition) is 4. The van der Waals surface area contributed by atoms with Gasteiger partial charge < -0.3 is 10.2 Å². The van der Waals surface area contributed by atoms with Crippen LogP contribution in [0.2, 0.25) is 0 Å². The maximum atomic E-state index is 9.79. The monoisotopic (exact) mass is 334 g/mol. The molecule has 10 nitrogen and oxygen atoms in total. The van der Waals surface area contributed by atoms with Gasteiger partial charge in [-0.3, -0.25) is 0 Å². The Bertz CT molecular complexity index is 958. The Kier molecular flexibility index (Phi) is 2.65. The summed E-state index contributed by atoms with van der Waals surface area (Å²) in [5.74, 6) is -0.287. The standard InChI is InChI=1S/C10H6N8O2S2/c19-7-3-5(14-10(22)15-7)17(1-11-3)18-2-12-4-6(18)13-9(20)16-8(4)21/h1-2H,(H2,13,16,20,21)(H2,14,15,19,22). The van der Waals surface area contributed by atoms with Gasteiger partial charge in [-0.25, -0.2) is 24.3 Å². The molecule has 110 valence electrons. The molecule has 2 N–H and O–H groups in total. The smallest absolute Gasteiger partial charge is 0.317 e. The van der Waals surface area contributed by atoms with Crippen molar-refractivity contribution in [2.75, 3.05) is 0 Å². The maximum Gasteiger partial charge on any atom is 0.317 e. The average Bonchev–Trinajstić information content (AvgIpc) is 3.02. The highest BCUT2D eigenvalue weighted by Crippen LogP contribution is 2.24. The van der Waals surface area contributed by atoms with Gasteiger partial charge in [0.15, 0.2) is 22.0 Å². The Labute approximate surface area is 132 Å². The third kappa shape index (κ3) is 1.77. The molecule has 4 rings (SSSR count). The van der Waals surface area contributed by atoms with E-state index in [1.54, 1.807) is 0 Å². The van der Waals surface area contributed by atoms with Gasteiger partial charge in [-0.15, -0.1) is 25.3 Å². The molecule has 12 heteroatoms. The van der Waals surface area contributed by atoms with Crippen molar-refractivity contribution in [3.63, 3.8) is 0 Å². The van der Waals surface area contributed by atoms with Gasteiger partial charge in [0.25, 0.3) is 0 Å². The molecule has 0 radical (unpaired) electrons. The van der Waals surface area contributed by atoms with E-state index in [4.69, 9.17) is 0 Å². The fraction of sp³-hybridized carbons (Fsp3) is 0. The van der Waals surface area contributed by atoms with Crippen LogP contribution in [0.3, 0.4) is 0 Å². The van der Waals surface area contributed by atoms with E-state index in [-0.39, 0.29) is 21.6 Å². The molecule has 0 unspecified atom stereocenters. The number of rotatable bonds is 1. The summed E-state index contributed by atoms with van der Waals surface area (Å²) in [5, 5.41) is 19.6. The van der Waals surface area contributed by atoms with Gasteiger partial charge in [0.05, 0.1) is 0 Å². The zero-order valence-electron chi connectivity index (χ0n) is 10.5. The summed E-state index contributed by atoms with van der Waals surface area (Å²) < 4.78 is 2.96. The van der Waals surface area contributed by atoms with Crippen LogP contribution in [0.25, 0.3) is 22.3 Å². The van der Waals surface area contributed by atoms with Crippen LogP contribution in [0.5, 0.6) is 11.9 Å². The van der Waals surface area contributed by atoms with E-state index in [1.807, 2.05) is 0 Å². The highest BCUT2D eigenvalue weighted by Gasteiger charge is 2.16. The Morgan fingerprint density at radius 2 is 1.45 bits per heavy atom. The number of imidazole rings is 2. The molecule has 4 aromatic rings.